The number of halogens is 1. The highest BCUT2D eigenvalue weighted by Gasteiger charge is 2.22. The molecule has 142 valence electrons. The van der Waals surface area contributed by atoms with Gasteiger partial charge in [0.25, 0.3) is 0 Å². The average molecular weight is 375 g/mol. The summed E-state index contributed by atoms with van der Waals surface area (Å²) in [6.07, 6.45) is 5.30. The van der Waals surface area contributed by atoms with E-state index < -0.39 is 6.10 Å². The zero-order valence-electron chi connectivity index (χ0n) is 15.3. The summed E-state index contributed by atoms with van der Waals surface area (Å²) in [7, 11) is 0. The minimum absolute atomic E-state index is 0.0640. The van der Waals surface area contributed by atoms with E-state index in [0.717, 1.165) is 28.9 Å². The normalized spacial score (nSPS) is 17.1. The smallest absolute Gasteiger partial charge is 0.123 e. The molecule has 5 heteroatoms. The van der Waals surface area contributed by atoms with Crippen LogP contribution in [0.15, 0.2) is 79.1 Å². The third kappa shape index (κ3) is 3.96. The van der Waals surface area contributed by atoms with Crippen LogP contribution in [0.25, 0.3) is 11.3 Å². The van der Waals surface area contributed by atoms with Crippen LogP contribution in [0.4, 0.5) is 4.39 Å². The number of benzene rings is 2. The minimum atomic E-state index is -0.759. The molecule has 2 atom stereocenters. The van der Waals surface area contributed by atoms with Crippen molar-refractivity contribution in [2.24, 2.45) is 0 Å². The van der Waals surface area contributed by atoms with E-state index in [0.29, 0.717) is 12.0 Å². The maximum atomic E-state index is 13.3. The zero-order valence-corrected chi connectivity index (χ0v) is 15.3. The van der Waals surface area contributed by atoms with Gasteiger partial charge in [-0.1, -0.05) is 48.5 Å². The summed E-state index contributed by atoms with van der Waals surface area (Å²) in [6, 6.07) is 17.9. The lowest BCUT2D eigenvalue weighted by Gasteiger charge is -2.26. The molecule has 1 aromatic heterocycles. The molecule has 0 radical (unpaired) electrons. The van der Waals surface area contributed by atoms with Gasteiger partial charge in [-0.25, -0.2) is 4.39 Å². The Morgan fingerprint density at radius 3 is 2.57 bits per heavy atom. The lowest BCUT2D eigenvalue weighted by Crippen LogP contribution is -2.35. The quantitative estimate of drug-likeness (QED) is 0.634. The first-order chi connectivity index (χ1) is 13.7. The number of nitrogens with zero attached hydrogens (tertiary/aromatic N) is 1. The fourth-order valence-electron chi connectivity index (χ4n) is 3.50. The summed E-state index contributed by atoms with van der Waals surface area (Å²) in [5.41, 5.74) is 4.53. The molecular weight excluding hydrogens is 353 g/mol. The molecule has 0 aliphatic carbocycles. The van der Waals surface area contributed by atoms with Gasteiger partial charge in [-0.2, -0.15) is 0 Å². The van der Waals surface area contributed by atoms with Gasteiger partial charge in [-0.05, 0) is 41.1 Å². The van der Waals surface area contributed by atoms with Crippen LogP contribution >= 0.6 is 0 Å². The molecule has 1 aliphatic heterocycles. The lowest BCUT2D eigenvalue weighted by atomic mass is 9.92. The van der Waals surface area contributed by atoms with E-state index in [1.807, 2.05) is 48.7 Å². The van der Waals surface area contributed by atoms with Crippen LogP contribution < -0.4 is 10.6 Å². The van der Waals surface area contributed by atoms with Gasteiger partial charge < -0.3 is 10.4 Å². The number of hydrogen-bond acceptors (Lipinski definition) is 4. The summed E-state index contributed by atoms with van der Waals surface area (Å²) >= 11 is 0. The van der Waals surface area contributed by atoms with E-state index in [9.17, 15) is 9.50 Å². The monoisotopic (exact) mass is 375 g/mol. The summed E-state index contributed by atoms with van der Waals surface area (Å²) < 4.78 is 13.3. The van der Waals surface area contributed by atoms with Crippen LogP contribution in [0.2, 0.25) is 0 Å². The van der Waals surface area contributed by atoms with E-state index in [2.05, 4.69) is 15.6 Å². The maximum Gasteiger partial charge on any atom is 0.123 e. The highest BCUT2D eigenvalue weighted by Crippen LogP contribution is 2.31. The van der Waals surface area contributed by atoms with Gasteiger partial charge in [0.2, 0.25) is 0 Å². The molecule has 4 nitrogen and oxygen atoms in total. The van der Waals surface area contributed by atoms with Gasteiger partial charge in [-0.15, -0.1) is 0 Å². The topological polar surface area (TPSA) is 57.2 Å². The van der Waals surface area contributed by atoms with Crippen molar-refractivity contribution >= 4 is 0 Å². The standard InChI is InChI=1S/C23H22FN3O/c24-18-9-7-16(8-10-18)21(28)15-20-19(23-26-12-4-13-27-23)11-14-25-22(20)17-5-2-1-3-6-17/h1-12,14,21,23,26-28H,13,15H2. The SMILES string of the molecule is OC(Cc1c(C2NC=CCN2)ccnc1-c1ccccc1)c1ccc(F)cc1. The number of aliphatic hydroxyl groups excluding tert-OH is 1. The molecule has 4 rings (SSSR count). The molecular formula is C23H22FN3O. The van der Waals surface area contributed by atoms with Crippen LogP contribution in [-0.4, -0.2) is 16.6 Å². The van der Waals surface area contributed by atoms with Crippen molar-refractivity contribution in [1.29, 1.82) is 0 Å². The third-order valence-electron chi connectivity index (χ3n) is 4.92. The number of hydrogen-bond donors (Lipinski definition) is 3. The molecule has 3 N–H and O–H groups in total. The Hall–Kier alpha value is -3.02. The molecule has 2 unspecified atom stereocenters. The summed E-state index contributed by atoms with van der Waals surface area (Å²) in [5, 5.41) is 17.6. The molecule has 1 aliphatic rings. The first-order valence-corrected chi connectivity index (χ1v) is 9.33. The van der Waals surface area contributed by atoms with Crippen LogP contribution in [0.5, 0.6) is 0 Å². The summed E-state index contributed by atoms with van der Waals surface area (Å²) in [6.45, 7) is 0.764. The van der Waals surface area contributed by atoms with Crippen molar-refractivity contribution in [1.82, 2.24) is 15.6 Å². The molecule has 2 aromatic carbocycles. The third-order valence-corrected chi connectivity index (χ3v) is 4.92. The van der Waals surface area contributed by atoms with Gasteiger partial charge in [0.1, 0.15) is 12.0 Å². The van der Waals surface area contributed by atoms with E-state index in [1.165, 1.54) is 12.1 Å². The maximum absolute atomic E-state index is 13.3. The number of aromatic nitrogens is 1. The van der Waals surface area contributed by atoms with E-state index in [1.54, 1.807) is 18.3 Å². The highest BCUT2D eigenvalue weighted by molar-refractivity contribution is 5.65. The second kappa shape index (κ2) is 8.33. The Labute approximate surface area is 163 Å². The molecule has 0 spiro atoms. The van der Waals surface area contributed by atoms with Crippen molar-refractivity contribution in [2.45, 2.75) is 18.7 Å². The van der Waals surface area contributed by atoms with E-state index in [-0.39, 0.29) is 12.0 Å². The fourth-order valence-corrected chi connectivity index (χ4v) is 3.50. The Kier molecular flexibility index (Phi) is 5.46. The molecule has 2 heterocycles. The fraction of sp³-hybridized carbons (Fsp3) is 0.174. The largest absolute Gasteiger partial charge is 0.388 e. The second-order valence-corrected chi connectivity index (χ2v) is 6.78. The molecule has 0 saturated carbocycles. The van der Waals surface area contributed by atoms with Crippen molar-refractivity contribution in [3.63, 3.8) is 0 Å². The average Bonchev–Trinajstić information content (AvgIpc) is 2.75. The van der Waals surface area contributed by atoms with Crippen molar-refractivity contribution in [2.75, 3.05) is 6.54 Å². The summed E-state index contributed by atoms with van der Waals surface area (Å²) in [4.78, 5) is 4.62. The Morgan fingerprint density at radius 1 is 1.07 bits per heavy atom. The number of nitrogens with one attached hydrogen (secondary N) is 2. The van der Waals surface area contributed by atoms with Crippen LogP contribution in [-0.2, 0) is 6.42 Å². The van der Waals surface area contributed by atoms with Gasteiger partial charge in [0.15, 0.2) is 0 Å². The highest BCUT2D eigenvalue weighted by atomic mass is 19.1. The van der Waals surface area contributed by atoms with Crippen LogP contribution in [0, 0.1) is 5.82 Å². The van der Waals surface area contributed by atoms with Crippen LogP contribution in [0.3, 0.4) is 0 Å². The minimum Gasteiger partial charge on any atom is -0.388 e. The molecule has 0 fully saturated rings. The van der Waals surface area contributed by atoms with Gasteiger partial charge >= 0.3 is 0 Å². The molecule has 28 heavy (non-hydrogen) atoms. The van der Waals surface area contributed by atoms with E-state index >= 15 is 0 Å². The number of rotatable bonds is 5. The van der Waals surface area contributed by atoms with Crippen molar-refractivity contribution in [3.05, 3.63) is 102 Å². The number of pyridine rings is 1. The molecule has 0 bridgehead atoms. The van der Waals surface area contributed by atoms with Crippen molar-refractivity contribution < 1.29 is 9.50 Å². The number of aliphatic hydroxyl groups is 1. The summed E-state index contributed by atoms with van der Waals surface area (Å²) in [5.74, 6) is -0.314. The first-order valence-electron chi connectivity index (χ1n) is 9.33. The second-order valence-electron chi connectivity index (χ2n) is 6.78. The van der Waals surface area contributed by atoms with Crippen molar-refractivity contribution in [3.8, 4) is 11.3 Å². The Balaban J connectivity index is 1.75. The van der Waals surface area contributed by atoms with Gasteiger partial charge in [0, 0.05) is 24.7 Å². The lowest BCUT2D eigenvalue weighted by molar-refractivity contribution is 0.178. The zero-order chi connectivity index (χ0) is 19.3. The molecule has 0 saturated heterocycles. The first kappa shape index (κ1) is 18.3. The molecule has 0 amide bonds. The molecule has 3 aromatic rings. The predicted octanol–water partition coefficient (Wildman–Crippen LogP) is 3.87. The predicted molar refractivity (Wildman–Crippen MR) is 108 cm³/mol. The Bertz CT molecular complexity index is 957. The van der Waals surface area contributed by atoms with Gasteiger partial charge in [0.05, 0.1) is 11.8 Å². The van der Waals surface area contributed by atoms with E-state index in [4.69, 9.17) is 0 Å². The van der Waals surface area contributed by atoms with Crippen LogP contribution in [0.1, 0.15) is 29.0 Å². The van der Waals surface area contributed by atoms with Gasteiger partial charge in [-0.3, -0.25) is 10.3 Å². The Morgan fingerprint density at radius 2 is 1.86 bits per heavy atom.